The summed E-state index contributed by atoms with van der Waals surface area (Å²) < 4.78 is 0. The summed E-state index contributed by atoms with van der Waals surface area (Å²) in [7, 11) is 0. The van der Waals surface area contributed by atoms with E-state index in [-0.39, 0.29) is 0 Å². The zero-order valence-electron chi connectivity index (χ0n) is 10.2. The molecule has 0 aliphatic carbocycles. The number of rotatable bonds is 6. The molecule has 0 saturated heterocycles. The molecule has 1 rings (SSSR count). The van der Waals surface area contributed by atoms with Gasteiger partial charge in [0.2, 0.25) is 0 Å². The summed E-state index contributed by atoms with van der Waals surface area (Å²) in [6, 6.07) is 11.3. The van der Waals surface area contributed by atoms with Crippen molar-refractivity contribution in [2.24, 2.45) is 5.92 Å². The third-order valence-corrected chi connectivity index (χ3v) is 2.95. The predicted octanol–water partition coefficient (Wildman–Crippen LogP) is 3.25. The zero-order chi connectivity index (χ0) is 11.1. The lowest BCUT2D eigenvalue weighted by molar-refractivity contribution is 0.424. The van der Waals surface area contributed by atoms with Crippen LogP contribution in [0.1, 0.15) is 32.8 Å². The fourth-order valence-electron chi connectivity index (χ4n) is 1.50. The molecule has 1 atom stereocenters. The second-order valence-corrected chi connectivity index (χ2v) is 4.58. The quantitative estimate of drug-likeness (QED) is 0.703. The number of aryl methyl sites for hydroxylation is 1. The third kappa shape index (κ3) is 4.98. The van der Waals surface area contributed by atoms with E-state index < -0.39 is 0 Å². The monoisotopic (exact) mass is 205 g/mol. The number of nitrogens with one attached hydrogen (secondary N) is 1. The molecule has 1 N–H and O–H groups in total. The highest BCUT2D eigenvalue weighted by atomic mass is 14.9. The molecule has 0 heterocycles. The lowest BCUT2D eigenvalue weighted by Crippen LogP contribution is -2.31. The van der Waals surface area contributed by atoms with Crippen LogP contribution in [0.3, 0.4) is 0 Å². The Kier molecular flexibility index (Phi) is 5.41. The summed E-state index contributed by atoms with van der Waals surface area (Å²) in [5.41, 5.74) is 1.44. The maximum atomic E-state index is 3.55. The normalized spacial score (nSPS) is 13.1. The second kappa shape index (κ2) is 6.62. The smallest absolute Gasteiger partial charge is 0.00617 e. The van der Waals surface area contributed by atoms with Crippen LogP contribution in [0, 0.1) is 5.92 Å². The highest BCUT2D eigenvalue weighted by Gasteiger charge is 2.04. The number of benzene rings is 1. The van der Waals surface area contributed by atoms with E-state index in [1.807, 2.05) is 0 Å². The molecule has 0 saturated carbocycles. The summed E-state index contributed by atoms with van der Waals surface area (Å²) >= 11 is 0. The average Bonchev–Trinajstić information content (AvgIpc) is 2.25. The van der Waals surface area contributed by atoms with Gasteiger partial charge in [0.25, 0.3) is 0 Å². The van der Waals surface area contributed by atoms with Gasteiger partial charge in [0, 0.05) is 6.04 Å². The molecular weight excluding hydrogens is 182 g/mol. The second-order valence-electron chi connectivity index (χ2n) is 4.58. The Hall–Kier alpha value is -0.820. The van der Waals surface area contributed by atoms with E-state index in [1.165, 1.54) is 18.4 Å². The first-order valence-electron chi connectivity index (χ1n) is 5.97. The van der Waals surface area contributed by atoms with Crippen molar-refractivity contribution in [1.29, 1.82) is 0 Å². The van der Waals surface area contributed by atoms with Gasteiger partial charge in [-0.25, -0.2) is 0 Å². The molecule has 0 aromatic heterocycles. The molecule has 0 bridgehead atoms. The Morgan fingerprint density at radius 2 is 1.73 bits per heavy atom. The minimum Gasteiger partial charge on any atom is -0.314 e. The van der Waals surface area contributed by atoms with Crippen molar-refractivity contribution in [3.63, 3.8) is 0 Å². The van der Waals surface area contributed by atoms with Gasteiger partial charge in [-0.1, -0.05) is 44.2 Å². The van der Waals surface area contributed by atoms with Crippen LogP contribution in [0.15, 0.2) is 30.3 Å². The molecule has 0 aliphatic rings. The lowest BCUT2D eigenvalue weighted by atomic mass is 10.1. The number of hydrogen-bond donors (Lipinski definition) is 1. The van der Waals surface area contributed by atoms with Crippen molar-refractivity contribution in [2.45, 2.75) is 39.7 Å². The molecule has 15 heavy (non-hydrogen) atoms. The Bertz CT molecular complexity index is 253. The molecule has 1 aromatic rings. The van der Waals surface area contributed by atoms with Gasteiger partial charge in [-0.2, -0.15) is 0 Å². The topological polar surface area (TPSA) is 12.0 Å². The maximum absolute atomic E-state index is 3.55. The van der Waals surface area contributed by atoms with Crippen molar-refractivity contribution in [2.75, 3.05) is 6.54 Å². The first-order chi connectivity index (χ1) is 7.20. The predicted molar refractivity (Wildman–Crippen MR) is 67.1 cm³/mol. The first-order valence-corrected chi connectivity index (χ1v) is 5.97. The molecule has 1 unspecified atom stereocenters. The van der Waals surface area contributed by atoms with Gasteiger partial charge in [-0.05, 0) is 37.8 Å². The van der Waals surface area contributed by atoms with Gasteiger partial charge in [0.15, 0.2) is 0 Å². The van der Waals surface area contributed by atoms with E-state index >= 15 is 0 Å². The van der Waals surface area contributed by atoms with Crippen LogP contribution in [0.25, 0.3) is 0 Å². The van der Waals surface area contributed by atoms with Crippen LogP contribution in [0.2, 0.25) is 0 Å². The molecule has 1 heteroatoms. The van der Waals surface area contributed by atoms with Gasteiger partial charge in [0.05, 0.1) is 0 Å². The van der Waals surface area contributed by atoms with Gasteiger partial charge in [-0.3, -0.25) is 0 Å². The van der Waals surface area contributed by atoms with Crippen LogP contribution in [-0.4, -0.2) is 12.6 Å². The molecule has 0 radical (unpaired) electrons. The Balaban J connectivity index is 2.12. The van der Waals surface area contributed by atoms with E-state index in [4.69, 9.17) is 0 Å². The van der Waals surface area contributed by atoms with E-state index in [0.717, 1.165) is 12.5 Å². The zero-order valence-corrected chi connectivity index (χ0v) is 10.2. The maximum Gasteiger partial charge on any atom is 0.00617 e. The lowest BCUT2D eigenvalue weighted by Gasteiger charge is -2.17. The highest BCUT2D eigenvalue weighted by molar-refractivity contribution is 5.14. The fraction of sp³-hybridized carbons (Fsp3) is 0.571. The van der Waals surface area contributed by atoms with E-state index in [9.17, 15) is 0 Å². The number of hydrogen-bond acceptors (Lipinski definition) is 1. The van der Waals surface area contributed by atoms with Crippen molar-refractivity contribution < 1.29 is 0 Å². The molecule has 1 aromatic carbocycles. The summed E-state index contributed by atoms with van der Waals surface area (Å²) in [6.07, 6.45) is 2.40. The van der Waals surface area contributed by atoms with Crippen LogP contribution >= 0.6 is 0 Å². The van der Waals surface area contributed by atoms with Crippen molar-refractivity contribution in [3.05, 3.63) is 35.9 Å². The summed E-state index contributed by atoms with van der Waals surface area (Å²) in [5, 5.41) is 3.55. The van der Waals surface area contributed by atoms with Crippen LogP contribution in [0.5, 0.6) is 0 Å². The molecule has 0 amide bonds. The van der Waals surface area contributed by atoms with Gasteiger partial charge >= 0.3 is 0 Å². The Morgan fingerprint density at radius 3 is 2.33 bits per heavy atom. The molecule has 0 spiro atoms. The molecular formula is C14H23N. The largest absolute Gasteiger partial charge is 0.314 e. The van der Waals surface area contributed by atoms with Crippen LogP contribution in [0.4, 0.5) is 0 Å². The average molecular weight is 205 g/mol. The Labute approximate surface area is 93.9 Å². The van der Waals surface area contributed by atoms with Crippen molar-refractivity contribution >= 4 is 0 Å². The van der Waals surface area contributed by atoms with Crippen LogP contribution in [-0.2, 0) is 6.42 Å². The summed E-state index contributed by atoms with van der Waals surface area (Å²) in [5.74, 6) is 0.724. The van der Waals surface area contributed by atoms with Gasteiger partial charge in [-0.15, -0.1) is 0 Å². The first kappa shape index (κ1) is 12.3. The molecule has 1 nitrogen and oxygen atoms in total. The standard InChI is InChI=1S/C14H23N/c1-12(2)13(3)15-11-7-10-14-8-5-4-6-9-14/h4-6,8-9,12-13,15H,7,10-11H2,1-3H3. The van der Waals surface area contributed by atoms with Crippen molar-refractivity contribution in [3.8, 4) is 0 Å². The van der Waals surface area contributed by atoms with Gasteiger partial charge in [0.1, 0.15) is 0 Å². The third-order valence-electron chi connectivity index (χ3n) is 2.95. The van der Waals surface area contributed by atoms with E-state index in [0.29, 0.717) is 6.04 Å². The highest BCUT2D eigenvalue weighted by Crippen LogP contribution is 2.03. The van der Waals surface area contributed by atoms with Crippen LogP contribution < -0.4 is 5.32 Å². The molecule has 84 valence electrons. The fourth-order valence-corrected chi connectivity index (χ4v) is 1.50. The summed E-state index contributed by atoms with van der Waals surface area (Å²) in [6.45, 7) is 7.89. The van der Waals surface area contributed by atoms with Gasteiger partial charge < -0.3 is 5.32 Å². The van der Waals surface area contributed by atoms with Crippen molar-refractivity contribution in [1.82, 2.24) is 5.32 Å². The Morgan fingerprint density at radius 1 is 1.07 bits per heavy atom. The molecule has 0 aliphatic heterocycles. The summed E-state index contributed by atoms with van der Waals surface area (Å²) in [4.78, 5) is 0. The molecule has 0 fully saturated rings. The minimum atomic E-state index is 0.626. The minimum absolute atomic E-state index is 0.626. The van der Waals surface area contributed by atoms with E-state index in [1.54, 1.807) is 0 Å². The van der Waals surface area contributed by atoms with E-state index in [2.05, 4.69) is 56.4 Å². The SMILES string of the molecule is CC(C)C(C)NCCCc1ccccc1.